The van der Waals surface area contributed by atoms with Gasteiger partial charge in [-0.25, -0.2) is 0 Å². The number of benzene rings is 2. The molecule has 2 N–H and O–H groups in total. The Morgan fingerprint density at radius 2 is 1.88 bits per heavy atom. The van der Waals surface area contributed by atoms with Crippen LogP contribution in [0, 0.1) is 10.1 Å². The van der Waals surface area contributed by atoms with Crippen molar-refractivity contribution in [3.63, 3.8) is 0 Å². The minimum atomic E-state index is -0.670. The molecular weight excluding hydrogens is 350 g/mol. The van der Waals surface area contributed by atoms with E-state index < -0.39 is 10.8 Å². The summed E-state index contributed by atoms with van der Waals surface area (Å²) >= 11 is 5.74. The number of nitrogens with zero attached hydrogens (tertiary/aromatic N) is 1. The van der Waals surface area contributed by atoms with E-state index >= 15 is 0 Å². The van der Waals surface area contributed by atoms with Crippen LogP contribution in [0.5, 0.6) is 5.75 Å². The highest BCUT2D eigenvalue weighted by molar-refractivity contribution is 6.32. The van der Waals surface area contributed by atoms with Gasteiger partial charge in [0.05, 0.1) is 17.7 Å². The number of nitrogens with one attached hydrogen (secondary N) is 2. The summed E-state index contributed by atoms with van der Waals surface area (Å²) < 4.78 is 5.17. The Hall–Kier alpha value is -3.13. The molecule has 2 rings (SSSR count). The second kappa shape index (κ2) is 7.63. The van der Waals surface area contributed by atoms with Gasteiger partial charge >= 0.3 is 0 Å². The number of hydrogen-bond acceptors (Lipinski definition) is 5. The van der Waals surface area contributed by atoms with E-state index in [0.29, 0.717) is 17.1 Å². The summed E-state index contributed by atoms with van der Waals surface area (Å²) in [5.41, 5.74) is 0.457. The first-order chi connectivity index (χ1) is 11.8. The zero-order chi connectivity index (χ0) is 18.6. The summed E-state index contributed by atoms with van der Waals surface area (Å²) in [5.74, 6) is -0.486. The van der Waals surface area contributed by atoms with Gasteiger partial charge in [0.2, 0.25) is 5.91 Å². The molecule has 0 heterocycles. The summed E-state index contributed by atoms with van der Waals surface area (Å²) in [6.45, 7) is 1.36. The Bertz CT molecular complexity index is 854. The first kappa shape index (κ1) is 18.2. The maximum absolute atomic E-state index is 12.4. The van der Waals surface area contributed by atoms with Crippen molar-refractivity contribution < 1.29 is 19.2 Å². The SMILES string of the molecule is COc1ccc(NC(C)=O)cc1NC(=O)c1ccc(Cl)c([N+](=O)[O-])c1. The van der Waals surface area contributed by atoms with Gasteiger partial charge in [-0.15, -0.1) is 0 Å². The minimum Gasteiger partial charge on any atom is -0.495 e. The molecule has 0 aliphatic heterocycles. The van der Waals surface area contributed by atoms with E-state index in [4.69, 9.17) is 16.3 Å². The average Bonchev–Trinajstić information content (AvgIpc) is 2.54. The van der Waals surface area contributed by atoms with Crippen molar-refractivity contribution in [3.05, 3.63) is 57.1 Å². The molecular formula is C16H14ClN3O5. The molecule has 0 radical (unpaired) electrons. The van der Waals surface area contributed by atoms with Crippen molar-refractivity contribution in [2.75, 3.05) is 17.7 Å². The summed E-state index contributed by atoms with van der Waals surface area (Å²) in [4.78, 5) is 33.8. The second-order valence-corrected chi connectivity index (χ2v) is 5.38. The van der Waals surface area contributed by atoms with Gasteiger partial charge in [-0.2, -0.15) is 0 Å². The first-order valence-corrected chi connectivity index (χ1v) is 7.40. The fourth-order valence-corrected chi connectivity index (χ4v) is 2.26. The van der Waals surface area contributed by atoms with Crippen LogP contribution in [0.15, 0.2) is 36.4 Å². The first-order valence-electron chi connectivity index (χ1n) is 7.02. The molecule has 0 saturated carbocycles. The van der Waals surface area contributed by atoms with Crippen LogP contribution in [0.4, 0.5) is 17.1 Å². The molecule has 0 unspecified atom stereocenters. The quantitative estimate of drug-likeness (QED) is 0.624. The highest BCUT2D eigenvalue weighted by Crippen LogP contribution is 2.29. The second-order valence-electron chi connectivity index (χ2n) is 4.97. The lowest BCUT2D eigenvalue weighted by molar-refractivity contribution is -0.384. The molecule has 0 aliphatic carbocycles. The van der Waals surface area contributed by atoms with Gasteiger partial charge in [0.1, 0.15) is 10.8 Å². The fraction of sp³-hybridized carbons (Fsp3) is 0.125. The van der Waals surface area contributed by atoms with Gasteiger partial charge in [-0.05, 0) is 30.3 Å². The number of halogens is 1. The van der Waals surface area contributed by atoms with Gasteiger partial charge in [0, 0.05) is 24.2 Å². The Kier molecular flexibility index (Phi) is 5.56. The van der Waals surface area contributed by atoms with Crippen LogP contribution in [-0.4, -0.2) is 23.8 Å². The zero-order valence-corrected chi connectivity index (χ0v) is 14.1. The average molecular weight is 364 g/mol. The predicted molar refractivity (Wildman–Crippen MR) is 93.4 cm³/mol. The number of nitro groups is 1. The van der Waals surface area contributed by atoms with E-state index in [0.717, 1.165) is 6.07 Å². The topological polar surface area (TPSA) is 111 Å². The molecule has 0 atom stereocenters. The molecule has 2 aromatic carbocycles. The van der Waals surface area contributed by atoms with Crippen molar-refractivity contribution in [3.8, 4) is 5.75 Å². The molecule has 0 fully saturated rings. The van der Waals surface area contributed by atoms with E-state index in [1.807, 2.05) is 0 Å². The van der Waals surface area contributed by atoms with Crippen LogP contribution in [0.3, 0.4) is 0 Å². The molecule has 130 valence electrons. The number of amides is 2. The molecule has 8 nitrogen and oxygen atoms in total. The maximum Gasteiger partial charge on any atom is 0.288 e. The number of carbonyl (C=O) groups excluding carboxylic acids is 2. The largest absolute Gasteiger partial charge is 0.495 e. The Morgan fingerprint density at radius 3 is 2.48 bits per heavy atom. The Labute approximate surface area is 147 Å². The molecule has 0 aromatic heterocycles. The van der Waals surface area contributed by atoms with Crippen LogP contribution < -0.4 is 15.4 Å². The lowest BCUT2D eigenvalue weighted by Crippen LogP contribution is -2.14. The van der Waals surface area contributed by atoms with E-state index in [1.54, 1.807) is 12.1 Å². The smallest absolute Gasteiger partial charge is 0.288 e. The molecule has 0 spiro atoms. The summed E-state index contributed by atoms with van der Waals surface area (Å²) in [6, 6.07) is 8.44. The third-order valence-corrected chi connectivity index (χ3v) is 3.49. The van der Waals surface area contributed by atoms with Crippen LogP contribution in [0.1, 0.15) is 17.3 Å². The number of methoxy groups -OCH3 is 1. The lowest BCUT2D eigenvalue weighted by Gasteiger charge is -2.12. The fourth-order valence-electron chi connectivity index (χ4n) is 2.07. The van der Waals surface area contributed by atoms with Crippen molar-refractivity contribution >= 4 is 40.5 Å². The number of rotatable bonds is 5. The lowest BCUT2D eigenvalue weighted by atomic mass is 10.1. The summed E-state index contributed by atoms with van der Waals surface area (Å²) in [5, 5.41) is 16.1. The van der Waals surface area contributed by atoms with Crippen LogP contribution in [0.25, 0.3) is 0 Å². The monoisotopic (exact) mass is 363 g/mol. The van der Waals surface area contributed by atoms with Gasteiger partial charge < -0.3 is 15.4 Å². The highest BCUT2D eigenvalue weighted by Gasteiger charge is 2.17. The van der Waals surface area contributed by atoms with Gasteiger partial charge in [0.15, 0.2) is 0 Å². The maximum atomic E-state index is 12.4. The molecule has 25 heavy (non-hydrogen) atoms. The molecule has 0 aliphatic rings. The molecule has 9 heteroatoms. The van der Waals surface area contributed by atoms with Crippen molar-refractivity contribution in [2.45, 2.75) is 6.92 Å². The van der Waals surface area contributed by atoms with Crippen LogP contribution in [-0.2, 0) is 4.79 Å². The van der Waals surface area contributed by atoms with Crippen molar-refractivity contribution in [1.29, 1.82) is 0 Å². The zero-order valence-electron chi connectivity index (χ0n) is 13.3. The van der Waals surface area contributed by atoms with Crippen molar-refractivity contribution in [1.82, 2.24) is 0 Å². The third-order valence-electron chi connectivity index (χ3n) is 3.17. The number of hydrogen-bond donors (Lipinski definition) is 2. The molecule has 2 aromatic rings. The normalized spacial score (nSPS) is 10.0. The van der Waals surface area contributed by atoms with E-state index in [2.05, 4.69) is 10.6 Å². The van der Waals surface area contributed by atoms with E-state index in [-0.39, 0.29) is 22.2 Å². The van der Waals surface area contributed by atoms with Gasteiger partial charge in [0.25, 0.3) is 11.6 Å². The third kappa shape index (κ3) is 4.45. The van der Waals surface area contributed by atoms with E-state index in [1.165, 1.54) is 32.2 Å². The molecule has 0 saturated heterocycles. The number of nitro benzene ring substituents is 1. The Morgan fingerprint density at radius 1 is 1.16 bits per heavy atom. The minimum absolute atomic E-state index is 0.0584. The molecule has 2 amide bonds. The van der Waals surface area contributed by atoms with Crippen molar-refractivity contribution in [2.24, 2.45) is 0 Å². The molecule has 0 bridgehead atoms. The standard InChI is InChI=1S/C16H14ClN3O5/c1-9(21)18-11-4-6-15(25-2)13(8-11)19-16(22)10-3-5-12(17)14(7-10)20(23)24/h3-8H,1-2H3,(H,18,21)(H,19,22). The predicted octanol–water partition coefficient (Wildman–Crippen LogP) is 3.47. The number of carbonyl (C=O) groups is 2. The van der Waals surface area contributed by atoms with Gasteiger partial charge in [-0.1, -0.05) is 11.6 Å². The van der Waals surface area contributed by atoms with Gasteiger partial charge in [-0.3, -0.25) is 19.7 Å². The highest BCUT2D eigenvalue weighted by atomic mass is 35.5. The van der Waals surface area contributed by atoms with E-state index in [9.17, 15) is 19.7 Å². The summed E-state index contributed by atoms with van der Waals surface area (Å²) in [6.07, 6.45) is 0. The summed E-state index contributed by atoms with van der Waals surface area (Å²) in [7, 11) is 1.43. The Balaban J connectivity index is 2.32. The van der Waals surface area contributed by atoms with Crippen LogP contribution >= 0.6 is 11.6 Å². The number of anilines is 2. The van der Waals surface area contributed by atoms with Crippen LogP contribution in [0.2, 0.25) is 5.02 Å². The number of ether oxygens (including phenoxy) is 1.